The zero-order valence-corrected chi connectivity index (χ0v) is 12.6. The summed E-state index contributed by atoms with van der Waals surface area (Å²) >= 11 is 0. The Balaban J connectivity index is 1.81. The first-order chi connectivity index (χ1) is 11.2. The van der Waals surface area contributed by atoms with E-state index in [2.05, 4.69) is 15.3 Å². The third-order valence-electron chi connectivity index (χ3n) is 3.94. The predicted molar refractivity (Wildman–Crippen MR) is 92.7 cm³/mol. The summed E-state index contributed by atoms with van der Waals surface area (Å²) in [7, 11) is 0. The Morgan fingerprint density at radius 2 is 1.74 bits per heavy atom. The molecule has 0 saturated carbocycles. The number of fused-ring (bicyclic) bond motifs is 3. The van der Waals surface area contributed by atoms with Gasteiger partial charge in [-0.25, -0.2) is 4.98 Å². The van der Waals surface area contributed by atoms with Crippen LogP contribution < -0.4 is 5.32 Å². The highest BCUT2D eigenvalue weighted by atomic mass is 16.1. The van der Waals surface area contributed by atoms with Crippen LogP contribution in [0.2, 0.25) is 0 Å². The van der Waals surface area contributed by atoms with E-state index in [0.717, 1.165) is 33.2 Å². The van der Waals surface area contributed by atoms with Crippen LogP contribution in [0, 0.1) is 6.92 Å². The summed E-state index contributed by atoms with van der Waals surface area (Å²) in [4.78, 5) is 20.3. The van der Waals surface area contributed by atoms with Gasteiger partial charge in [-0.3, -0.25) is 4.79 Å². The summed E-state index contributed by atoms with van der Waals surface area (Å²) in [5, 5.41) is 5.00. The Morgan fingerprint density at radius 1 is 1.00 bits per heavy atom. The van der Waals surface area contributed by atoms with Crippen molar-refractivity contribution in [1.82, 2.24) is 9.97 Å². The molecule has 0 aliphatic heterocycles. The summed E-state index contributed by atoms with van der Waals surface area (Å²) in [6, 6.07) is 19.3. The summed E-state index contributed by atoms with van der Waals surface area (Å²) in [6.07, 6.45) is 0. The van der Waals surface area contributed by atoms with Crippen molar-refractivity contribution in [3.63, 3.8) is 0 Å². The minimum absolute atomic E-state index is 0.202. The number of H-pyrrole nitrogens is 1. The molecule has 2 heterocycles. The van der Waals surface area contributed by atoms with Gasteiger partial charge in [0.1, 0.15) is 5.69 Å². The Labute approximate surface area is 133 Å². The molecule has 4 rings (SSSR count). The van der Waals surface area contributed by atoms with Gasteiger partial charge < -0.3 is 10.3 Å². The van der Waals surface area contributed by atoms with Crippen LogP contribution in [0.25, 0.3) is 21.8 Å². The fourth-order valence-corrected chi connectivity index (χ4v) is 2.84. The van der Waals surface area contributed by atoms with Gasteiger partial charge in [0, 0.05) is 22.0 Å². The van der Waals surface area contributed by atoms with Gasteiger partial charge >= 0.3 is 0 Å². The van der Waals surface area contributed by atoms with Gasteiger partial charge in [0.15, 0.2) is 0 Å². The standard InChI is InChI=1S/C19H15N3O/c1-12-18-15(14-9-5-6-10-16(14)22-18)11-17(20-12)19(23)21-13-7-3-2-4-8-13/h2-11,22H,1H3,(H,21,23). The first kappa shape index (κ1) is 13.5. The molecule has 4 nitrogen and oxygen atoms in total. The van der Waals surface area contributed by atoms with Crippen molar-refractivity contribution < 1.29 is 4.79 Å². The fourth-order valence-electron chi connectivity index (χ4n) is 2.84. The quantitative estimate of drug-likeness (QED) is 0.580. The number of amides is 1. The first-order valence-corrected chi connectivity index (χ1v) is 7.47. The lowest BCUT2D eigenvalue weighted by atomic mass is 10.1. The number of hydrogen-bond acceptors (Lipinski definition) is 2. The van der Waals surface area contributed by atoms with Crippen molar-refractivity contribution in [3.05, 3.63) is 72.1 Å². The monoisotopic (exact) mass is 301 g/mol. The van der Waals surface area contributed by atoms with Crippen molar-refractivity contribution in [2.24, 2.45) is 0 Å². The first-order valence-electron chi connectivity index (χ1n) is 7.47. The van der Waals surface area contributed by atoms with Crippen molar-refractivity contribution >= 4 is 33.4 Å². The number of aromatic nitrogens is 2. The van der Waals surface area contributed by atoms with Crippen LogP contribution in [-0.2, 0) is 0 Å². The molecule has 2 aromatic heterocycles. The van der Waals surface area contributed by atoms with Gasteiger partial charge in [-0.2, -0.15) is 0 Å². The fraction of sp³-hybridized carbons (Fsp3) is 0.0526. The van der Waals surface area contributed by atoms with E-state index in [1.54, 1.807) is 0 Å². The van der Waals surface area contributed by atoms with Gasteiger partial charge in [0.05, 0.1) is 11.2 Å². The van der Waals surface area contributed by atoms with E-state index in [4.69, 9.17) is 0 Å². The molecule has 0 spiro atoms. The second-order valence-corrected chi connectivity index (χ2v) is 5.51. The van der Waals surface area contributed by atoms with Crippen LogP contribution in [0.4, 0.5) is 5.69 Å². The molecule has 23 heavy (non-hydrogen) atoms. The van der Waals surface area contributed by atoms with Crippen LogP contribution in [0.3, 0.4) is 0 Å². The van der Waals surface area contributed by atoms with Crippen molar-refractivity contribution in [2.45, 2.75) is 6.92 Å². The topological polar surface area (TPSA) is 57.8 Å². The number of anilines is 1. The maximum absolute atomic E-state index is 12.5. The van der Waals surface area contributed by atoms with Crippen LogP contribution in [0.15, 0.2) is 60.7 Å². The molecular formula is C19H15N3O. The largest absolute Gasteiger partial charge is 0.353 e. The predicted octanol–water partition coefficient (Wildman–Crippen LogP) is 4.28. The summed E-state index contributed by atoms with van der Waals surface area (Å²) in [5.74, 6) is -0.202. The highest BCUT2D eigenvalue weighted by Crippen LogP contribution is 2.27. The van der Waals surface area contributed by atoms with E-state index in [-0.39, 0.29) is 5.91 Å². The second kappa shape index (κ2) is 5.25. The zero-order valence-electron chi connectivity index (χ0n) is 12.6. The molecule has 2 N–H and O–H groups in total. The number of nitrogens with one attached hydrogen (secondary N) is 2. The third kappa shape index (κ3) is 2.34. The van der Waals surface area contributed by atoms with E-state index in [1.807, 2.05) is 67.6 Å². The molecule has 0 radical (unpaired) electrons. The molecule has 4 heteroatoms. The maximum atomic E-state index is 12.5. The lowest BCUT2D eigenvalue weighted by Crippen LogP contribution is -2.14. The second-order valence-electron chi connectivity index (χ2n) is 5.51. The van der Waals surface area contributed by atoms with Crippen LogP contribution in [-0.4, -0.2) is 15.9 Å². The Kier molecular flexibility index (Phi) is 3.08. The molecule has 1 amide bonds. The van der Waals surface area contributed by atoms with E-state index < -0.39 is 0 Å². The minimum Gasteiger partial charge on any atom is -0.353 e. The molecule has 0 atom stereocenters. The van der Waals surface area contributed by atoms with Crippen LogP contribution >= 0.6 is 0 Å². The number of pyridine rings is 1. The van der Waals surface area contributed by atoms with E-state index in [9.17, 15) is 4.79 Å². The van der Waals surface area contributed by atoms with Gasteiger partial charge in [0.25, 0.3) is 5.91 Å². The minimum atomic E-state index is -0.202. The lowest BCUT2D eigenvalue weighted by Gasteiger charge is -2.06. The van der Waals surface area contributed by atoms with E-state index >= 15 is 0 Å². The van der Waals surface area contributed by atoms with Gasteiger partial charge in [-0.15, -0.1) is 0 Å². The van der Waals surface area contributed by atoms with Crippen LogP contribution in [0.5, 0.6) is 0 Å². The number of aromatic amines is 1. The van der Waals surface area contributed by atoms with E-state index in [0.29, 0.717) is 5.69 Å². The molecule has 112 valence electrons. The molecule has 0 aliphatic rings. The molecule has 0 fully saturated rings. The number of aryl methyl sites for hydroxylation is 1. The van der Waals surface area contributed by atoms with Gasteiger partial charge in [-0.1, -0.05) is 36.4 Å². The van der Waals surface area contributed by atoms with Crippen LogP contribution in [0.1, 0.15) is 16.2 Å². The summed E-state index contributed by atoms with van der Waals surface area (Å²) in [5.41, 5.74) is 4.02. The van der Waals surface area contributed by atoms with Crippen molar-refractivity contribution in [3.8, 4) is 0 Å². The van der Waals surface area contributed by atoms with Crippen molar-refractivity contribution in [2.75, 3.05) is 5.32 Å². The van der Waals surface area contributed by atoms with Gasteiger partial charge in [-0.05, 0) is 31.2 Å². The third-order valence-corrected chi connectivity index (χ3v) is 3.94. The molecule has 0 bridgehead atoms. The number of carbonyl (C=O) groups is 1. The number of rotatable bonds is 2. The zero-order chi connectivity index (χ0) is 15.8. The lowest BCUT2D eigenvalue weighted by molar-refractivity contribution is 0.102. The van der Waals surface area contributed by atoms with E-state index in [1.165, 1.54) is 0 Å². The smallest absolute Gasteiger partial charge is 0.274 e. The molecular weight excluding hydrogens is 286 g/mol. The summed E-state index contributed by atoms with van der Waals surface area (Å²) < 4.78 is 0. The Morgan fingerprint density at radius 3 is 2.57 bits per heavy atom. The SMILES string of the molecule is Cc1nc(C(=O)Nc2ccccc2)cc2c1[nH]c1ccccc12. The number of nitrogens with zero attached hydrogens (tertiary/aromatic N) is 1. The molecule has 4 aromatic rings. The average Bonchev–Trinajstić information content (AvgIpc) is 2.95. The number of hydrogen-bond donors (Lipinski definition) is 2. The maximum Gasteiger partial charge on any atom is 0.274 e. The highest BCUT2D eigenvalue weighted by molar-refractivity contribution is 6.11. The summed E-state index contributed by atoms with van der Waals surface area (Å²) in [6.45, 7) is 1.91. The Bertz CT molecular complexity index is 1020. The van der Waals surface area contributed by atoms with Crippen molar-refractivity contribution in [1.29, 1.82) is 0 Å². The highest BCUT2D eigenvalue weighted by Gasteiger charge is 2.13. The molecule has 0 aliphatic carbocycles. The molecule has 2 aromatic carbocycles. The Hall–Kier alpha value is -3.14. The molecule has 0 unspecified atom stereocenters. The van der Waals surface area contributed by atoms with Gasteiger partial charge in [0.2, 0.25) is 0 Å². The number of carbonyl (C=O) groups excluding carboxylic acids is 1. The number of para-hydroxylation sites is 2. The average molecular weight is 301 g/mol. The normalized spacial score (nSPS) is 11.0. The number of benzene rings is 2. The molecule has 0 saturated heterocycles.